The SMILES string of the molecule is COc1ccc(C(=O)NCc2ccc(-c3csc(C)n3)s2)c(OC)c1. The average molecular weight is 374 g/mol. The van der Waals surface area contributed by atoms with E-state index in [1.807, 2.05) is 24.4 Å². The summed E-state index contributed by atoms with van der Waals surface area (Å²) in [5.74, 6) is 0.954. The number of nitrogens with one attached hydrogen (secondary N) is 1. The van der Waals surface area contributed by atoms with Gasteiger partial charge in [0.2, 0.25) is 0 Å². The fourth-order valence-corrected chi connectivity index (χ4v) is 3.93. The predicted molar refractivity (Wildman–Crippen MR) is 101 cm³/mol. The Bertz CT molecular complexity index is 886. The number of carbonyl (C=O) groups is 1. The molecule has 130 valence electrons. The predicted octanol–water partition coefficient (Wildman–Crippen LogP) is 4.13. The van der Waals surface area contributed by atoms with E-state index >= 15 is 0 Å². The van der Waals surface area contributed by atoms with Gasteiger partial charge in [-0.25, -0.2) is 4.98 Å². The van der Waals surface area contributed by atoms with E-state index in [0.29, 0.717) is 23.6 Å². The van der Waals surface area contributed by atoms with Gasteiger partial charge in [-0.1, -0.05) is 0 Å². The zero-order valence-corrected chi connectivity index (χ0v) is 15.8. The molecule has 0 spiro atoms. The quantitative estimate of drug-likeness (QED) is 0.705. The molecule has 3 aromatic rings. The van der Waals surface area contributed by atoms with Crippen LogP contribution in [-0.4, -0.2) is 25.1 Å². The minimum Gasteiger partial charge on any atom is -0.497 e. The van der Waals surface area contributed by atoms with Crippen molar-refractivity contribution in [3.8, 4) is 22.1 Å². The lowest BCUT2D eigenvalue weighted by Crippen LogP contribution is -2.22. The topological polar surface area (TPSA) is 60.5 Å². The molecule has 3 rings (SSSR count). The number of ether oxygens (including phenoxy) is 2. The number of aryl methyl sites for hydroxylation is 1. The van der Waals surface area contributed by atoms with Gasteiger partial charge >= 0.3 is 0 Å². The Morgan fingerprint density at radius 3 is 2.72 bits per heavy atom. The summed E-state index contributed by atoms with van der Waals surface area (Å²) in [5.41, 5.74) is 1.47. The molecule has 0 aliphatic heterocycles. The third kappa shape index (κ3) is 4.00. The van der Waals surface area contributed by atoms with E-state index in [0.717, 1.165) is 20.5 Å². The van der Waals surface area contributed by atoms with E-state index in [-0.39, 0.29) is 5.91 Å². The van der Waals surface area contributed by atoms with E-state index in [1.54, 1.807) is 48.0 Å². The maximum atomic E-state index is 12.4. The number of thiophene rings is 1. The Hall–Kier alpha value is -2.38. The highest BCUT2D eigenvalue weighted by molar-refractivity contribution is 7.16. The van der Waals surface area contributed by atoms with E-state index in [9.17, 15) is 4.79 Å². The number of aromatic nitrogens is 1. The second-order valence-corrected chi connectivity index (χ2v) is 7.50. The molecule has 7 heteroatoms. The molecule has 0 saturated heterocycles. The van der Waals surface area contributed by atoms with Crippen molar-refractivity contribution in [2.45, 2.75) is 13.5 Å². The molecular formula is C18H18N2O3S2. The van der Waals surface area contributed by atoms with Crippen LogP contribution in [0.4, 0.5) is 0 Å². The first kappa shape index (κ1) is 17.4. The van der Waals surface area contributed by atoms with Crippen molar-refractivity contribution >= 4 is 28.6 Å². The van der Waals surface area contributed by atoms with Gasteiger partial charge in [-0.15, -0.1) is 22.7 Å². The van der Waals surface area contributed by atoms with Crippen LogP contribution in [0.3, 0.4) is 0 Å². The molecule has 5 nitrogen and oxygen atoms in total. The highest BCUT2D eigenvalue weighted by Crippen LogP contribution is 2.29. The number of benzene rings is 1. The number of nitrogens with zero attached hydrogens (tertiary/aromatic N) is 1. The zero-order valence-electron chi connectivity index (χ0n) is 14.2. The molecule has 0 aliphatic rings. The van der Waals surface area contributed by atoms with Gasteiger partial charge in [0.05, 0.1) is 41.9 Å². The second kappa shape index (κ2) is 7.67. The monoisotopic (exact) mass is 374 g/mol. The Kier molecular flexibility index (Phi) is 5.35. The average Bonchev–Trinajstić information content (AvgIpc) is 3.27. The van der Waals surface area contributed by atoms with Crippen molar-refractivity contribution in [3.05, 3.63) is 51.2 Å². The van der Waals surface area contributed by atoms with E-state index < -0.39 is 0 Å². The molecule has 0 unspecified atom stereocenters. The number of thiazole rings is 1. The number of hydrogen-bond acceptors (Lipinski definition) is 6. The Labute approximate surface area is 154 Å². The second-order valence-electron chi connectivity index (χ2n) is 5.27. The van der Waals surface area contributed by atoms with Crippen LogP contribution < -0.4 is 14.8 Å². The molecule has 0 bridgehead atoms. The standard InChI is InChI=1S/C18H18N2O3S2/c1-11-20-15(10-24-11)17-7-5-13(25-17)9-19-18(21)14-6-4-12(22-2)8-16(14)23-3/h4-8,10H,9H2,1-3H3,(H,19,21). The van der Waals surface area contributed by atoms with Crippen molar-refractivity contribution in [2.75, 3.05) is 14.2 Å². The fraction of sp³-hybridized carbons (Fsp3) is 0.222. The molecule has 2 heterocycles. The van der Waals surface area contributed by atoms with Gasteiger partial charge in [0, 0.05) is 16.3 Å². The number of methoxy groups -OCH3 is 2. The summed E-state index contributed by atoms with van der Waals surface area (Å²) in [4.78, 5) is 19.1. The van der Waals surface area contributed by atoms with Gasteiger partial charge in [0.25, 0.3) is 5.91 Å². The molecule has 2 aromatic heterocycles. The summed E-state index contributed by atoms with van der Waals surface area (Å²) in [6, 6.07) is 9.19. The first-order valence-electron chi connectivity index (χ1n) is 7.62. The van der Waals surface area contributed by atoms with Crippen LogP contribution in [0.5, 0.6) is 11.5 Å². The minimum atomic E-state index is -0.182. The van der Waals surface area contributed by atoms with Crippen LogP contribution in [0.1, 0.15) is 20.2 Å². The van der Waals surface area contributed by atoms with Gasteiger partial charge in [0.1, 0.15) is 11.5 Å². The summed E-state index contributed by atoms with van der Waals surface area (Å²) in [6.45, 7) is 2.45. The summed E-state index contributed by atoms with van der Waals surface area (Å²) < 4.78 is 10.4. The van der Waals surface area contributed by atoms with Crippen LogP contribution in [-0.2, 0) is 6.54 Å². The van der Waals surface area contributed by atoms with Crippen molar-refractivity contribution in [1.82, 2.24) is 10.3 Å². The van der Waals surface area contributed by atoms with Crippen LogP contribution in [0.2, 0.25) is 0 Å². The van der Waals surface area contributed by atoms with Crippen LogP contribution in [0.15, 0.2) is 35.7 Å². The first-order valence-corrected chi connectivity index (χ1v) is 9.31. The number of hydrogen-bond donors (Lipinski definition) is 1. The maximum absolute atomic E-state index is 12.4. The lowest BCUT2D eigenvalue weighted by atomic mass is 10.1. The smallest absolute Gasteiger partial charge is 0.255 e. The maximum Gasteiger partial charge on any atom is 0.255 e. The van der Waals surface area contributed by atoms with Crippen molar-refractivity contribution in [1.29, 1.82) is 0 Å². The van der Waals surface area contributed by atoms with Crippen LogP contribution in [0, 0.1) is 6.92 Å². The van der Waals surface area contributed by atoms with E-state index in [2.05, 4.69) is 10.3 Å². The first-order chi connectivity index (χ1) is 12.1. The zero-order chi connectivity index (χ0) is 17.8. The summed E-state index contributed by atoms with van der Waals surface area (Å²) in [5, 5.41) is 6.02. The molecule has 0 radical (unpaired) electrons. The number of amides is 1. The van der Waals surface area contributed by atoms with Crippen LogP contribution in [0.25, 0.3) is 10.6 Å². The van der Waals surface area contributed by atoms with Crippen molar-refractivity contribution in [3.63, 3.8) is 0 Å². The Morgan fingerprint density at radius 2 is 2.04 bits per heavy atom. The van der Waals surface area contributed by atoms with Gasteiger partial charge in [0.15, 0.2) is 0 Å². The van der Waals surface area contributed by atoms with Gasteiger partial charge < -0.3 is 14.8 Å². The summed E-state index contributed by atoms with van der Waals surface area (Å²) in [7, 11) is 3.11. The molecule has 1 aromatic carbocycles. The number of rotatable bonds is 6. The summed E-state index contributed by atoms with van der Waals surface area (Å²) >= 11 is 3.26. The van der Waals surface area contributed by atoms with Gasteiger partial charge in [-0.3, -0.25) is 4.79 Å². The van der Waals surface area contributed by atoms with E-state index in [1.165, 1.54) is 7.11 Å². The lowest BCUT2D eigenvalue weighted by molar-refractivity contribution is 0.0948. The molecular weight excluding hydrogens is 356 g/mol. The Balaban J connectivity index is 1.68. The van der Waals surface area contributed by atoms with Crippen LogP contribution >= 0.6 is 22.7 Å². The molecule has 25 heavy (non-hydrogen) atoms. The van der Waals surface area contributed by atoms with Gasteiger partial charge in [-0.05, 0) is 31.2 Å². The normalized spacial score (nSPS) is 10.5. The molecule has 0 atom stereocenters. The molecule has 0 fully saturated rings. The largest absolute Gasteiger partial charge is 0.497 e. The Morgan fingerprint density at radius 1 is 1.20 bits per heavy atom. The third-order valence-electron chi connectivity index (χ3n) is 3.61. The van der Waals surface area contributed by atoms with E-state index in [4.69, 9.17) is 9.47 Å². The molecule has 1 amide bonds. The fourth-order valence-electron chi connectivity index (χ4n) is 2.34. The highest BCUT2D eigenvalue weighted by Gasteiger charge is 2.14. The third-order valence-corrected chi connectivity index (χ3v) is 5.49. The highest BCUT2D eigenvalue weighted by atomic mass is 32.1. The molecule has 0 aliphatic carbocycles. The number of carbonyl (C=O) groups excluding carboxylic acids is 1. The lowest BCUT2D eigenvalue weighted by Gasteiger charge is -2.10. The van der Waals surface area contributed by atoms with Gasteiger partial charge in [-0.2, -0.15) is 0 Å². The molecule has 1 N–H and O–H groups in total. The van der Waals surface area contributed by atoms with Crippen molar-refractivity contribution < 1.29 is 14.3 Å². The molecule has 0 saturated carbocycles. The summed E-state index contributed by atoms with van der Waals surface area (Å²) in [6.07, 6.45) is 0. The van der Waals surface area contributed by atoms with Crippen molar-refractivity contribution in [2.24, 2.45) is 0 Å². The minimum absolute atomic E-state index is 0.182.